The minimum Gasteiger partial charge on any atom is -0.497 e. The van der Waals surface area contributed by atoms with Crippen molar-refractivity contribution in [3.05, 3.63) is 98.9 Å². The summed E-state index contributed by atoms with van der Waals surface area (Å²) in [5.74, 6) is 0.100. The summed E-state index contributed by atoms with van der Waals surface area (Å²) in [7, 11) is 1.61. The van der Waals surface area contributed by atoms with Crippen LogP contribution in [0.4, 0.5) is 0 Å². The van der Waals surface area contributed by atoms with Crippen LogP contribution in [0.2, 0.25) is 5.02 Å². The van der Waals surface area contributed by atoms with Crippen molar-refractivity contribution in [1.82, 2.24) is 4.90 Å². The van der Waals surface area contributed by atoms with Crippen LogP contribution in [0.25, 0.3) is 6.08 Å². The highest BCUT2D eigenvalue weighted by molar-refractivity contribution is 8.26. The fraction of sp³-hybridized carbons (Fsp3) is 0.115. The lowest BCUT2D eigenvalue weighted by Gasteiger charge is -2.14. The van der Waals surface area contributed by atoms with Gasteiger partial charge in [0.1, 0.15) is 22.4 Å². The van der Waals surface area contributed by atoms with Gasteiger partial charge in [-0.3, -0.25) is 9.69 Å². The Morgan fingerprint density at radius 2 is 1.77 bits per heavy atom. The number of carboxylic acids is 1. The van der Waals surface area contributed by atoms with E-state index in [4.69, 9.17) is 38.4 Å². The van der Waals surface area contributed by atoms with Gasteiger partial charge in [-0.25, -0.2) is 4.79 Å². The topological polar surface area (TPSA) is 76.1 Å². The first kappa shape index (κ1) is 24.8. The Morgan fingerprint density at radius 1 is 1.09 bits per heavy atom. The molecule has 1 N–H and O–H groups in total. The van der Waals surface area contributed by atoms with Crippen LogP contribution in [-0.4, -0.2) is 33.3 Å². The number of halogens is 1. The molecular formula is C26H20ClNO5S2. The van der Waals surface area contributed by atoms with E-state index in [0.717, 1.165) is 22.4 Å². The quantitative estimate of drug-likeness (QED) is 0.284. The number of methoxy groups -OCH3 is 1. The number of carboxylic acid groups (broad SMARTS) is 1. The van der Waals surface area contributed by atoms with Crippen LogP contribution < -0.4 is 9.47 Å². The second-order valence-electron chi connectivity index (χ2n) is 7.60. The van der Waals surface area contributed by atoms with Gasteiger partial charge in [0, 0.05) is 0 Å². The van der Waals surface area contributed by atoms with Gasteiger partial charge in [0.2, 0.25) is 0 Å². The van der Waals surface area contributed by atoms with Crippen LogP contribution in [-0.2, 0) is 17.9 Å². The summed E-state index contributed by atoms with van der Waals surface area (Å²) < 4.78 is 11.4. The summed E-state index contributed by atoms with van der Waals surface area (Å²) >= 11 is 13.1. The molecule has 0 bridgehead atoms. The molecule has 0 aliphatic carbocycles. The Balaban J connectivity index is 1.41. The average Bonchev–Trinajstić information content (AvgIpc) is 3.11. The van der Waals surface area contributed by atoms with Gasteiger partial charge >= 0.3 is 5.97 Å². The fourth-order valence-electron chi connectivity index (χ4n) is 3.33. The molecule has 1 saturated heterocycles. The number of ether oxygens (including phenoxy) is 2. The van der Waals surface area contributed by atoms with Crippen molar-refractivity contribution in [1.29, 1.82) is 0 Å². The van der Waals surface area contributed by atoms with E-state index >= 15 is 0 Å². The number of nitrogens with zero attached hydrogens (tertiary/aromatic N) is 1. The van der Waals surface area contributed by atoms with Crippen molar-refractivity contribution in [2.45, 2.75) is 13.2 Å². The number of thioether (sulfide) groups is 1. The third kappa shape index (κ3) is 6.03. The molecule has 9 heteroatoms. The first-order chi connectivity index (χ1) is 16.8. The Morgan fingerprint density at radius 3 is 2.40 bits per heavy atom. The van der Waals surface area contributed by atoms with Crippen molar-refractivity contribution in [2.24, 2.45) is 0 Å². The highest BCUT2D eigenvalue weighted by Crippen LogP contribution is 2.35. The van der Waals surface area contributed by atoms with Crippen molar-refractivity contribution in [3.63, 3.8) is 0 Å². The molecule has 0 radical (unpaired) electrons. The second-order valence-corrected chi connectivity index (χ2v) is 9.68. The number of hydrogen-bond acceptors (Lipinski definition) is 6. The van der Waals surface area contributed by atoms with Crippen molar-refractivity contribution >= 4 is 57.9 Å². The van der Waals surface area contributed by atoms with Crippen LogP contribution in [0.3, 0.4) is 0 Å². The molecule has 0 saturated carbocycles. The van der Waals surface area contributed by atoms with Gasteiger partial charge in [0.15, 0.2) is 0 Å². The zero-order valence-corrected chi connectivity index (χ0v) is 21.0. The summed E-state index contributed by atoms with van der Waals surface area (Å²) in [6, 6.07) is 19.2. The van der Waals surface area contributed by atoms with Gasteiger partial charge in [-0.15, -0.1) is 0 Å². The molecule has 1 heterocycles. The molecule has 1 aliphatic heterocycles. The van der Waals surface area contributed by atoms with E-state index in [1.165, 1.54) is 23.9 Å². The lowest BCUT2D eigenvalue weighted by Crippen LogP contribution is -2.27. The highest BCUT2D eigenvalue weighted by atomic mass is 35.5. The zero-order valence-electron chi connectivity index (χ0n) is 18.6. The molecule has 35 heavy (non-hydrogen) atoms. The van der Waals surface area contributed by atoms with Gasteiger partial charge in [0.05, 0.1) is 29.1 Å². The van der Waals surface area contributed by atoms with Crippen LogP contribution >= 0.6 is 35.6 Å². The number of benzene rings is 3. The van der Waals surface area contributed by atoms with Crippen LogP contribution in [0.15, 0.2) is 71.6 Å². The van der Waals surface area contributed by atoms with Crippen molar-refractivity contribution in [3.8, 4) is 11.5 Å². The molecular weight excluding hydrogens is 506 g/mol. The summed E-state index contributed by atoms with van der Waals surface area (Å²) in [6.45, 7) is 0.621. The molecule has 1 amide bonds. The molecule has 0 spiro atoms. The Labute approximate surface area is 217 Å². The SMILES string of the molecule is COc1ccc(CN2C(=O)C(=Cc3ccc(OCc4ccc(C(=O)O)cc4)c(Cl)c3)SC2=S)cc1. The molecule has 6 nitrogen and oxygen atoms in total. The maximum Gasteiger partial charge on any atom is 0.335 e. The average molecular weight is 526 g/mol. The lowest BCUT2D eigenvalue weighted by molar-refractivity contribution is -0.122. The summed E-state index contributed by atoms with van der Waals surface area (Å²) in [5, 5.41) is 9.39. The van der Waals surface area contributed by atoms with E-state index in [9.17, 15) is 9.59 Å². The van der Waals surface area contributed by atoms with Crippen molar-refractivity contribution in [2.75, 3.05) is 7.11 Å². The minimum absolute atomic E-state index is 0.155. The highest BCUT2D eigenvalue weighted by Gasteiger charge is 2.32. The van der Waals surface area contributed by atoms with E-state index in [0.29, 0.717) is 26.5 Å². The molecule has 3 aromatic rings. The zero-order chi connectivity index (χ0) is 24.9. The van der Waals surface area contributed by atoms with Crippen molar-refractivity contribution < 1.29 is 24.2 Å². The van der Waals surface area contributed by atoms with E-state index in [1.807, 2.05) is 30.3 Å². The van der Waals surface area contributed by atoms with Crippen LogP contribution in [0, 0.1) is 0 Å². The standard InChI is InChI=1S/C26H20ClNO5S2/c1-32-20-9-4-16(5-10-20)14-28-24(29)23(35-26(28)34)13-18-6-11-22(21(27)12-18)33-15-17-2-7-19(8-3-17)25(30)31/h2-13H,14-15H2,1H3,(H,30,31). The number of hydrogen-bond donors (Lipinski definition) is 1. The lowest BCUT2D eigenvalue weighted by atomic mass is 10.1. The maximum absolute atomic E-state index is 13.0. The molecule has 0 atom stereocenters. The van der Waals surface area contributed by atoms with E-state index in [1.54, 1.807) is 42.4 Å². The third-order valence-corrected chi connectivity index (χ3v) is 6.90. The number of rotatable bonds is 8. The van der Waals surface area contributed by atoms with Crippen LogP contribution in [0.5, 0.6) is 11.5 Å². The Hall–Kier alpha value is -3.33. The molecule has 4 rings (SSSR count). The first-order valence-electron chi connectivity index (χ1n) is 10.5. The van der Waals surface area contributed by atoms with Gasteiger partial charge in [-0.1, -0.05) is 65.9 Å². The Kier molecular flexibility index (Phi) is 7.75. The molecule has 178 valence electrons. The molecule has 1 fully saturated rings. The summed E-state index contributed by atoms with van der Waals surface area (Å²) in [6.07, 6.45) is 1.76. The Bertz CT molecular complexity index is 1310. The number of carbonyl (C=O) groups is 2. The molecule has 0 unspecified atom stereocenters. The predicted octanol–water partition coefficient (Wildman–Crippen LogP) is 6.03. The monoisotopic (exact) mass is 525 g/mol. The third-order valence-electron chi connectivity index (χ3n) is 5.22. The normalized spacial score (nSPS) is 14.5. The smallest absolute Gasteiger partial charge is 0.335 e. The van der Waals surface area contributed by atoms with Gasteiger partial charge in [-0.2, -0.15) is 0 Å². The fourth-order valence-corrected chi connectivity index (χ4v) is 4.83. The number of aromatic carboxylic acids is 1. The largest absolute Gasteiger partial charge is 0.497 e. The van der Waals surface area contributed by atoms with Gasteiger partial charge in [-0.05, 0) is 59.2 Å². The summed E-state index contributed by atoms with van der Waals surface area (Å²) in [4.78, 5) is 26.0. The maximum atomic E-state index is 13.0. The van der Waals surface area contributed by atoms with Gasteiger partial charge < -0.3 is 14.6 Å². The predicted molar refractivity (Wildman–Crippen MR) is 141 cm³/mol. The molecule has 3 aromatic carbocycles. The number of thiocarbonyl (C=S) groups is 1. The van der Waals surface area contributed by atoms with E-state index < -0.39 is 5.97 Å². The molecule has 0 aromatic heterocycles. The van der Waals surface area contributed by atoms with Crippen LogP contribution in [0.1, 0.15) is 27.0 Å². The number of carbonyl (C=O) groups excluding carboxylic acids is 1. The summed E-state index contributed by atoms with van der Waals surface area (Å²) in [5.41, 5.74) is 2.73. The molecule has 1 aliphatic rings. The first-order valence-corrected chi connectivity index (χ1v) is 12.1. The number of amides is 1. The van der Waals surface area contributed by atoms with E-state index in [2.05, 4.69) is 0 Å². The van der Waals surface area contributed by atoms with Gasteiger partial charge in [0.25, 0.3) is 5.91 Å². The second kappa shape index (κ2) is 10.9. The van der Waals surface area contributed by atoms with E-state index in [-0.39, 0.29) is 18.1 Å². The minimum atomic E-state index is -0.978.